The fourth-order valence-corrected chi connectivity index (χ4v) is 3.14. The predicted octanol–water partition coefficient (Wildman–Crippen LogP) is 2.11. The molecule has 0 atom stereocenters. The van der Waals surface area contributed by atoms with E-state index in [2.05, 4.69) is 20.5 Å². The molecule has 148 valence electrons. The maximum atomic E-state index is 12.2. The molecule has 0 aliphatic carbocycles. The minimum atomic E-state index is -0.123. The molecule has 1 saturated heterocycles. The molecule has 2 amide bonds. The zero-order valence-electron chi connectivity index (χ0n) is 16.2. The number of hydrogen-bond donors (Lipinski definition) is 2. The molecule has 1 aromatic rings. The normalized spacial score (nSPS) is 14.9. The number of piperazine rings is 1. The third kappa shape index (κ3) is 6.43. The van der Waals surface area contributed by atoms with Crippen LogP contribution in [0.1, 0.15) is 25.8 Å². The number of guanidine groups is 1. The summed E-state index contributed by atoms with van der Waals surface area (Å²) < 4.78 is 0. The van der Waals surface area contributed by atoms with Gasteiger partial charge in [-0.15, -0.1) is 0 Å². The number of aliphatic imine (C=N–C) groups is 1. The van der Waals surface area contributed by atoms with Crippen LogP contribution in [0.2, 0.25) is 5.02 Å². The Morgan fingerprint density at radius 1 is 1.19 bits per heavy atom. The van der Waals surface area contributed by atoms with Gasteiger partial charge < -0.3 is 20.4 Å². The molecule has 1 fully saturated rings. The van der Waals surface area contributed by atoms with Gasteiger partial charge in [-0.05, 0) is 31.5 Å². The Kier molecular flexibility index (Phi) is 7.91. The topological polar surface area (TPSA) is 77.0 Å². The summed E-state index contributed by atoms with van der Waals surface area (Å²) in [4.78, 5) is 32.1. The zero-order valence-corrected chi connectivity index (χ0v) is 17.0. The van der Waals surface area contributed by atoms with Crippen LogP contribution in [0.3, 0.4) is 0 Å². The van der Waals surface area contributed by atoms with Gasteiger partial charge in [-0.3, -0.25) is 14.6 Å². The first-order chi connectivity index (χ1) is 12.9. The first kappa shape index (κ1) is 21.0. The van der Waals surface area contributed by atoms with E-state index < -0.39 is 0 Å². The number of amides is 2. The molecule has 0 spiro atoms. The average Bonchev–Trinajstić information content (AvgIpc) is 2.63. The van der Waals surface area contributed by atoms with Gasteiger partial charge in [0.05, 0.1) is 17.3 Å². The van der Waals surface area contributed by atoms with Crippen molar-refractivity contribution in [1.29, 1.82) is 0 Å². The van der Waals surface area contributed by atoms with Crippen molar-refractivity contribution in [3.63, 3.8) is 0 Å². The SMILES string of the molecule is CCNC(=NCCC(=O)Nc1ccc(C)cc1Cl)N1CCN(C(C)=O)CC1. The molecule has 2 N–H and O–H groups in total. The van der Waals surface area contributed by atoms with Gasteiger partial charge >= 0.3 is 0 Å². The highest BCUT2D eigenvalue weighted by Gasteiger charge is 2.20. The van der Waals surface area contributed by atoms with Crippen molar-refractivity contribution in [1.82, 2.24) is 15.1 Å². The zero-order chi connectivity index (χ0) is 19.8. The lowest BCUT2D eigenvalue weighted by Gasteiger charge is -2.36. The lowest BCUT2D eigenvalue weighted by molar-refractivity contribution is -0.130. The number of halogens is 1. The number of aryl methyl sites for hydroxylation is 1. The van der Waals surface area contributed by atoms with E-state index in [1.807, 2.05) is 30.9 Å². The van der Waals surface area contributed by atoms with E-state index in [1.165, 1.54) is 0 Å². The standard InChI is InChI=1S/C19H28ClN5O2/c1-4-21-19(25-11-9-24(10-12-25)15(3)26)22-8-7-18(27)23-17-6-5-14(2)13-16(17)20/h5-6,13H,4,7-12H2,1-3H3,(H,21,22)(H,23,27). The fraction of sp³-hybridized carbons (Fsp3) is 0.526. The lowest BCUT2D eigenvalue weighted by Crippen LogP contribution is -2.53. The molecule has 0 saturated carbocycles. The van der Waals surface area contributed by atoms with E-state index in [-0.39, 0.29) is 18.2 Å². The van der Waals surface area contributed by atoms with Crippen molar-refractivity contribution < 1.29 is 9.59 Å². The van der Waals surface area contributed by atoms with Crippen LogP contribution in [0.4, 0.5) is 5.69 Å². The summed E-state index contributed by atoms with van der Waals surface area (Å²) in [7, 11) is 0. The van der Waals surface area contributed by atoms with Crippen LogP contribution in [-0.4, -0.2) is 66.8 Å². The molecule has 1 aliphatic rings. The smallest absolute Gasteiger partial charge is 0.226 e. The van der Waals surface area contributed by atoms with Crippen LogP contribution in [0, 0.1) is 6.92 Å². The molecule has 1 aliphatic heterocycles. The second-order valence-corrected chi connectivity index (χ2v) is 6.92. The molecule has 1 aromatic carbocycles. The van der Waals surface area contributed by atoms with Crippen LogP contribution in [0.5, 0.6) is 0 Å². The van der Waals surface area contributed by atoms with E-state index in [4.69, 9.17) is 11.6 Å². The summed E-state index contributed by atoms with van der Waals surface area (Å²) in [6, 6.07) is 5.53. The Labute approximate surface area is 165 Å². The highest BCUT2D eigenvalue weighted by atomic mass is 35.5. The molecule has 0 radical (unpaired) electrons. The average molecular weight is 394 g/mol. The summed E-state index contributed by atoms with van der Waals surface area (Å²) in [5.74, 6) is 0.756. The van der Waals surface area contributed by atoms with Crippen LogP contribution in [-0.2, 0) is 9.59 Å². The van der Waals surface area contributed by atoms with Crippen LogP contribution >= 0.6 is 11.6 Å². The fourth-order valence-electron chi connectivity index (χ4n) is 2.86. The van der Waals surface area contributed by atoms with E-state index in [0.29, 0.717) is 30.3 Å². The highest BCUT2D eigenvalue weighted by Crippen LogP contribution is 2.22. The van der Waals surface area contributed by atoms with Crippen molar-refractivity contribution in [2.24, 2.45) is 4.99 Å². The summed E-state index contributed by atoms with van der Waals surface area (Å²) in [5.41, 5.74) is 1.66. The van der Waals surface area contributed by atoms with E-state index in [0.717, 1.165) is 31.2 Å². The molecule has 0 bridgehead atoms. The molecule has 7 nitrogen and oxygen atoms in total. The number of nitrogens with one attached hydrogen (secondary N) is 2. The Morgan fingerprint density at radius 3 is 2.44 bits per heavy atom. The molecule has 2 rings (SSSR count). The largest absolute Gasteiger partial charge is 0.357 e. The molecule has 1 heterocycles. The van der Waals surface area contributed by atoms with Crippen molar-refractivity contribution in [2.75, 3.05) is 44.6 Å². The maximum absolute atomic E-state index is 12.2. The summed E-state index contributed by atoms with van der Waals surface area (Å²) in [6.45, 7) is 9.51. The van der Waals surface area contributed by atoms with Crippen molar-refractivity contribution >= 4 is 35.1 Å². The number of carbonyl (C=O) groups is 2. The van der Waals surface area contributed by atoms with Gasteiger partial charge in [-0.2, -0.15) is 0 Å². The third-order valence-electron chi connectivity index (χ3n) is 4.36. The van der Waals surface area contributed by atoms with Gasteiger partial charge in [0.15, 0.2) is 5.96 Å². The minimum Gasteiger partial charge on any atom is -0.357 e. The predicted molar refractivity (Wildman–Crippen MR) is 109 cm³/mol. The van der Waals surface area contributed by atoms with E-state index >= 15 is 0 Å². The Hall–Kier alpha value is -2.28. The third-order valence-corrected chi connectivity index (χ3v) is 4.67. The van der Waals surface area contributed by atoms with Gasteiger partial charge in [-0.25, -0.2) is 0 Å². The number of hydrogen-bond acceptors (Lipinski definition) is 3. The van der Waals surface area contributed by atoms with Crippen molar-refractivity contribution in [2.45, 2.75) is 27.2 Å². The molecule has 0 aromatic heterocycles. The van der Waals surface area contributed by atoms with Gasteiger partial charge in [0.1, 0.15) is 0 Å². The summed E-state index contributed by atoms with van der Waals surface area (Å²) in [6.07, 6.45) is 0.270. The van der Waals surface area contributed by atoms with E-state index in [9.17, 15) is 9.59 Å². The molecule has 27 heavy (non-hydrogen) atoms. The van der Waals surface area contributed by atoms with Gasteiger partial charge in [0.25, 0.3) is 0 Å². The van der Waals surface area contributed by atoms with Crippen molar-refractivity contribution in [3.8, 4) is 0 Å². The van der Waals surface area contributed by atoms with Crippen molar-refractivity contribution in [3.05, 3.63) is 28.8 Å². The Bertz CT molecular complexity index is 699. The number of benzene rings is 1. The first-order valence-corrected chi connectivity index (χ1v) is 9.63. The van der Waals surface area contributed by atoms with Gasteiger partial charge in [0.2, 0.25) is 11.8 Å². The first-order valence-electron chi connectivity index (χ1n) is 9.25. The highest BCUT2D eigenvalue weighted by molar-refractivity contribution is 6.33. The second-order valence-electron chi connectivity index (χ2n) is 6.51. The minimum absolute atomic E-state index is 0.100. The molecule has 8 heteroatoms. The quantitative estimate of drug-likeness (QED) is 0.593. The van der Waals surface area contributed by atoms with Gasteiger partial charge in [-0.1, -0.05) is 17.7 Å². The van der Waals surface area contributed by atoms with Crippen LogP contribution < -0.4 is 10.6 Å². The Balaban J connectivity index is 1.87. The number of rotatable bonds is 5. The van der Waals surface area contributed by atoms with Crippen LogP contribution in [0.15, 0.2) is 23.2 Å². The van der Waals surface area contributed by atoms with E-state index in [1.54, 1.807) is 13.0 Å². The van der Waals surface area contributed by atoms with Gasteiger partial charge in [0, 0.05) is 46.1 Å². The second kappa shape index (κ2) is 10.2. The molecule has 0 unspecified atom stereocenters. The molecular weight excluding hydrogens is 366 g/mol. The maximum Gasteiger partial charge on any atom is 0.226 e. The number of carbonyl (C=O) groups excluding carboxylic acids is 2. The summed E-state index contributed by atoms with van der Waals surface area (Å²) >= 11 is 6.15. The molecular formula is C19H28ClN5O2. The number of anilines is 1. The lowest BCUT2D eigenvalue weighted by atomic mass is 10.2. The Morgan fingerprint density at radius 2 is 1.85 bits per heavy atom. The van der Waals surface area contributed by atoms with Crippen LogP contribution in [0.25, 0.3) is 0 Å². The summed E-state index contributed by atoms with van der Waals surface area (Å²) in [5, 5.41) is 6.61. The number of nitrogens with zero attached hydrogens (tertiary/aromatic N) is 3. The monoisotopic (exact) mass is 393 g/mol.